The molecule has 0 radical (unpaired) electrons. The van der Waals surface area contributed by atoms with E-state index in [-0.39, 0.29) is 6.04 Å². The molecule has 1 aromatic heterocycles. The second-order valence-corrected chi connectivity index (χ2v) is 7.60. The first-order valence-corrected chi connectivity index (χ1v) is 10.2. The largest absolute Gasteiger partial charge is 0.309 e. The average molecular weight is 388 g/mol. The maximum atomic E-state index is 4.55. The van der Waals surface area contributed by atoms with Gasteiger partial charge in [-0.1, -0.05) is 72.0 Å². The summed E-state index contributed by atoms with van der Waals surface area (Å²) in [5.41, 5.74) is 5.83. The van der Waals surface area contributed by atoms with E-state index in [4.69, 9.17) is 0 Å². The van der Waals surface area contributed by atoms with Gasteiger partial charge in [0.2, 0.25) is 0 Å². The molecule has 1 aliphatic rings. The quantitative estimate of drug-likeness (QED) is 0.338. The summed E-state index contributed by atoms with van der Waals surface area (Å²) in [7, 11) is 0. The number of benzene rings is 4. The highest BCUT2D eigenvalue weighted by Crippen LogP contribution is 2.34. The maximum absolute atomic E-state index is 4.55. The van der Waals surface area contributed by atoms with Crippen molar-refractivity contribution in [2.45, 2.75) is 6.04 Å². The van der Waals surface area contributed by atoms with Crippen molar-refractivity contribution in [3.8, 4) is 5.69 Å². The molecule has 2 heterocycles. The Morgan fingerprint density at radius 3 is 2.00 bits per heavy atom. The lowest BCUT2D eigenvalue weighted by molar-refractivity contribution is 0.779. The van der Waals surface area contributed by atoms with Crippen molar-refractivity contribution >= 4 is 27.5 Å². The number of hydrogen-bond acceptors (Lipinski definition) is 3. The van der Waals surface area contributed by atoms with Gasteiger partial charge in [-0.3, -0.25) is 0 Å². The fraction of sp³-hybridized carbons (Fsp3) is 0.0769. The molecular weight excluding hydrogens is 368 g/mol. The van der Waals surface area contributed by atoms with E-state index in [1.54, 1.807) is 0 Å². The van der Waals surface area contributed by atoms with Crippen molar-refractivity contribution in [1.29, 1.82) is 0 Å². The second-order valence-electron chi connectivity index (χ2n) is 7.60. The molecule has 0 fully saturated rings. The van der Waals surface area contributed by atoms with Crippen LogP contribution in [0.15, 0.2) is 113 Å². The van der Waals surface area contributed by atoms with Crippen molar-refractivity contribution in [2.75, 3.05) is 11.6 Å². The predicted octanol–water partition coefficient (Wildman–Crippen LogP) is 6.71. The third-order valence-corrected chi connectivity index (χ3v) is 5.79. The summed E-state index contributed by atoms with van der Waals surface area (Å²) in [6, 6.07) is 36.1. The standard InChI is InChI=1S/C26H20N4/c1-2-10-20(11-3-1)29-18-24(27-28-29)19-9-8-12-21(17-19)30-25-15-6-4-13-22(25)23-14-5-7-16-26(23)30/h1-17,24H,18H2. The van der Waals surface area contributed by atoms with Crippen LogP contribution >= 0.6 is 0 Å². The summed E-state index contributed by atoms with van der Waals surface area (Å²) in [6.45, 7) is 0.751. The molecule has 1 atom stereocenters. The summed E-state index contributed by atoms with van der Waals surface area (Å²) in [6.07, 6.45) is 0. The normalized spacial score (nSPS) is 16.0. The lowest BCUT2D eigenvalue weighted by atomic mass is 10.1. The first kappa shape index (κ1) is 17.0. The van der Waals surface area contributed by atoms with E-state index >= 15 is 0 Å². The molecule has 30 heavy (non-hydrogen) atoms. The lowest BCUT2D eigenvalue weighted by Gasteiger charge is -2.15. The van der Waals surface area contributed by atoms with Crippen LogP contribution in [0.25, 0.3) is 27.5 Å². The Balaban J connectivity index is 1.42. The second kappa shape index (κ2) is 6.85. The van der Waals surface area contributed by atoms with E-state index in [0.29, 0.717) is 0 Å². The highest BCUT2D eigenvalue weighted by atomic mass is 15.6. The molecular formula is C26H20N4. The maximum Gasteiger partial charge on any atom is 0.118 e. The number of aromatic nitrogens is 1. The molecule has 4 nitrogen and oxygen atoms in total. The highest BCUT2D eigenvalue weighted by molar-refractivity contribution is 6.09. The zero-order valence-electron chi connectivity index (χ0n) is 16.4. The van der Waals surface area contributed by atoms with Gasteiger partial charge in [-0.05, 0) is 42.0 Å². The van der Waals surface area contributed by atoms with Crippen LogP contribution in [-0.2, 0) is 0 Å². The van der Waals surface area contributed by atoms with Gasteiger partial charge in [0.15, 0.2) is 0 Å². The van der Waals surface area contributed by atoms with Gasteiger partial charge in [-0.15, -0.1) is 0 Å². The van der Waals surface area contributed by atoms with Gasteiger partial charge < -0.3 is 4.57 Å². The van der Waals surface area contributed by atoms with Crippen LogP contribution in [0.5, 0.6) is 0 Å². The summed E-state index contributed by atoms with van der Waals surface area (Å²) >= 11 is 0. The van der Waals surface area contributed by atoms with Gasteiger partial charge >= 0.3 is 0 Å². The van der Waals surface area contributed by atoms with Crippen LogP contribution in [0.4, 0.5) is 5.69 Å². The van der Waals surface area contributed by atoms with Crippen molar-refractivity contribution in [1.82, 2.24) is 4.57 Å². The summed E-state index contributed by atoms with van der Waals surface area (Å²) in [5.74, 6) is 0. The molecule has 144 valence electrons. The van der Waals surface area contributed by atoms with Gasteiger partial charge in [0.25, 0.3) is 0 Å². The smallest absolute Gasteiger partial charge is 0.118 e. The molecule has 0 aliphatic carbocycles. The summed E-state index contributed by atoms with van der Waals surface area (Å²) in [5, 5.41) is 13.5. The van der Waals surface area contributed by atoms with E-state index in [1.807, 2.05) is 23.2 Å². The van der Waals surface area contributed by atoms with E-state index in [2.05, 4.69) is 99.8 Å². The number of anilines is 1. The molecule has 5 aromatic rings. The molecule has 0 saturated heterocycles. The Labute approximate surface area is 174 Å². The molecule has 0 spiro atoms. The average Bonchev–Trinajstić information content (AvgIpc) is 3.43. The van der Waals surface area contributed by atoms with Crippen LogP contribution in [0.3, 0.4) is 0 Å². The Bertz CT molecular complexity index is 1330. The molecule has 1 aliphatic heterocycles. The topological polar surface area (TPSA) is 32.9 Å². The van der Waals surface area contributed by atoms with Gasteiger partial charge in [-0.2, -0.15) is 5.11 Å². The summed E-state index contributed by atoms with van der Waals surface area (Å²) in [4.78, 5) is 0. The number of nitrogens with zero attached hydrogens (tertiary/aromatic N) is 4. The first-order chi connectivity index (χ1) is 14.9. The fourth-order valence-corrected chi connectivity index (χ4v) is 4.36. The zero-order valence-corrected chi connectivity index (χ0v) is 16.4. The van der Waals surface area contributed by atoms with E-state index in [0.717, 1.165) is 17.9 Å². The van der Waals surface area contributed by atoms with E-state index < -0.39 is 0 Å². The third-order valence-electron chi connectivity index (χ3n) is 5.79. The first-order valence-electron chi connectivity index (χ1n) is 10.2. The van der Waals surface area contributed by atoms with Crippen molar-refractivity contribution in [3.63, 3.8) is 0 Å². The van der Waals surface area contributed by atoms with Gasteiger partial charge in [0.05, 0.1) is 23.3 Å². The van der Waals surface area contributed by atoms with Crippen LogP contribution in [0, 0.1) is 0 Å². The molecule has 0 bridgehead atoms. The van der Waals surface area contributed by atoms with Crippen LogP contribution < -0.4 is 5.01 Å². The molecule has 0 amide bonds. The minimum atomic E-state index is 0.0262. The van der Waals surface area contributed by atoms with Crippen molar-refractivity contribution in [3.05, 3.63) is 109 Å². The Morgan fingerprint density at radius 2 is 1.27 bits per heavy atom. The Hall–Kier alpha value is -3.92. The van der Waals surface area contributed by atoms with Gasteiger partial charge in [0.1, 0.15) is 6.04 Å². The Morgan fingerprint density at radius 1 is 0.633 bits per heavy atom. The molecule has 4 heteroatoms. The highest BCUT2D eigenvalue weighted by Gasteiger charge is 2.23. The van der Waals surface area contributed by atoms with Crippen molar-refractivity contribution in [2.24, 2.45) is 10.3 Å². The van der Waals surface area contributed by atoms with Crippen LogP contribution in [-0.4, -0.2) is 11.1 Å². The molecule has 1 unspecified atom stereocenters. The lowest BCUT2D eigenvalue weighted by Crippen LogP contribution is -2.16. The minimum Gasteiger partial charge on any atom is -0.309 e. The predicted molar refractivity (Wildman–Crippen MR) is 122 cm³/mol. The molecule has 4 aromatic carbocycles. The number of hydrogen-bond donors (Lipinski definition) is 0. The molecule has 6 rings (SSSR count). The van der Waals surface area contributed by atoms with Crippen LogP contribution in [0.2, 0.25) is 0 Å². The SMILES string of the molecule is c1ccc(N2CC(c3cccc(-n4c5ccccc5c5ccccc54)c3)N=N2)cc1. The third kappa shape index (κ3) is 2.69. The molecule has 0 saturated carbocycles. The Kier molecular flexibility index (Phi) is 3.88. The number of rotatable bonds is 3. The number of fused-ring (bicyclic) bond motifs is 3. The molecule has 0 N–H and O–H groups in total. The number of para-hydroxylation sites is 3. The zero-order chi connectivity index (χ0) is 19.9. The van der Waals surface area contributed by atoms with Crippen LogP contribution in [0.1, 0.15) is 11.6 Å². The van der Waals surface area contributed by atoms with Gasteiger partial charge in [0, 0.05) is 16.5 Å². The van der Waals surface area contributed by atoms with Gasteiger partial charge in [-0.25, -0.2) is 5.01 Å². The van der Waals surface area contributed by atoms with E-state index in [1.165, 1.54) is 27.4 Å². The minimum absolute atomic E-state index is 0.0262. The fourth-order valence-electron chi connectivity index (χ4n) is 4.36. The summed E-state index contributed by atoms with van der Waals surface area (Å²) < 4.78 is 2.34. The van der Waals surface area contributed by atoms with E-state index in [9.17, 15) is 0 Å². The van der Waals surface area contributed by atoms with Crippen molar-refractivity contribution < 1.29 is 0 Å². The monoisotopic (exact) mass is 388 g/mol.